The molecule has 0 fully saturated rings. The Hall–Kier alpha value is -3.20. The van der Waals surface area contributed by atoms with E-state index >= 15 is 0 Å². The largest absolute Gasteiger partial charge is 0.465 e. The van der Waals surface area contributed by atoms with Gasteiger partial charge in [-0.25, -0.2) is 9.59 Å². The fourth-order valence-corrected chi connectivity index (χ4v) is 3.57. The van der Waals surface area contributed by atoms with Crippen molar-refractivity contribution >= 4 is 45.7 Å². The van der Waals surface area contributed by atoms with Crippen LogP contribution in [0.2, 0.25) is 0 Å². The van der Waals surface area contributed by atoms with Crippen molar-refractivity contribution in [3.05, 3.63) is 45.8 Å². The molecule has 0 aliphatic carbocycles. The fourth-order valence-electron chi connectivity index (χ4n) is 2.44. The molecule has 0 unspecified atom stereocenters. The lowest BCUT2D eigenvalue weighted by molar-refractivity contribution is -0.114. The van der Waals surface area contributed by atoms with Gasteiger partial charge in [-0.1, -0.05) is 12.1 Å². The SMILES string of the molecule is COC(=O)c1sc(NC(=O)CNc2cccc(C(C)=O)c2)c(C(=O)OC)c1C. The number of carbonyl (C=O) groups excluding carboxylic acids is 4. The maximum atomic E-state index is 12.3. The molecule has 0 aliphatic rings. The van der Waals surface area contributed by atoms with E-state index < -0.39 is 17.8 Å². The normalized spacial score (nSPS) is 10.1. The molecule has 2 rings (SSSR count). The molecule has 0 saturated heterocycles. The van der Waals surface area contributed by atoms with Crippen molar-refractivity contribution in [2.75, 3.05) is 31.4 Å². The Bertz CT molecular complexity index is 935. The van der Waals surface area contributed by atoms with Gasteiger partial charge in [0, 0.05) is 11.3 Å². The van der Waals surface area contributed by atoms with Crippen molar-refractivity contribution < 1.29 is 28.7 Å². The van der Waals surface area contributed by atoms with Gasteiger partial charge in [0.15, 0.2) is 5.78 Å². The highest BCUT2D eigenvalue weighted by atomic mass is 32.1. The molecule has 1 heterocycles. The molecule has 0 aliphatic heterocycles. The van der Waals surface area contributed by atoms with Gasteiger partial charge in [0.25, 0.3) is 0 Å². The number of hydrogen-bond acceptors (Lipinski definition) is 8. The van der Waals surface area contributed by atoms with Gasteiger partial charge < -0.3 is 20.1 Å². The zero-order chi connectivity index (χ0) is 20.8. The lowest BCUT2D eigenvalue weighted by Gasteiger charge is -2.09. The summed E-state index contributed by atoms with van der Waals surface area (Å²) >= 11 is 0.939. The molecule has 0 bridgehead atoms. The summed E-state index contributed by atoms with van der Waals surface area (Å²) < 4.78 is 9.45. The molecule has 0 saturated carbocycles. The molecular formula is C19H20N2O6S. The Kier molecular flexibility index (Phi) is 6.89. The molecule has 0 spiro atoms. The number of ketones is 1. The number of methoxy groups -OCH3 is 2. The fraction of sp³-hybridized carbons (Fsp3) is 0.263. The zero-order valence-corrected chi connectivity index (χ0v) is 16.7. The minimum Gasteiger partial charge on any atom is -0.465 e. The van der Waals surface area contributed by atoms with Crippen LogP contribution in [-0.4, -0.2) is 44.4 Å². The van der Waals surface area contributed by atoms with E-state index in [9.17, 15) is 19.2 Å². The van der Waals surface area contributed by atoms with Gasteiger partial charge in [-0.2, -0.15) is 0 Å². The van der Waals surface area contributed by atoms with E-state index in [0.29, 0.717) is 16.8 Å². The van der Waals surface area contributed by atoms with E-state index in [1.807, 2.05) is 0 Å². The first-order valence-corrected chi connectivity index (χ1v) is 9.04. The van der Waals surface area contributed by atoms with Crippen molar-refractivity contribution in [2.24, 2.45) is 0 Å². The first-order valence-electron chi connectivity index (χ1n) is 8.23. The number of rotatable bonds is 7. The van der Waals surface area contributed by atoms with Crippen molar-refractivity contribution in [1.82, 2.24) is 0 Å². The number of esters is 2. The number of ether oxygens (including phenoxy) is 2. The molecule has 28 heavy (non-hydrogen) atoms. The topological polar surface area (TPSA) is 111 Å². The molecule has 1 aromatic heterocycles. The summed E-state index contributed by atoms with van der Waals surface area (Å²) in [5.74, 6) is -1.79. The third-order valence-corrected chi connectivity index (χ3v) is 5.07. The van der Waals surface area contributed by atoms with Crippen LogP contribution in [0.3, 0.4) is 0 Å². The van der Waals surface area contributed by atoms with E-state index in [0.717, 1.165) is 11.3 Å². The second kappa shape index (κ2) is 9.14. The molecule has 1 aromatic carbocycles. The van der Waals surface area contributed by atoms with Gasteiger partial charge >= 0.3 is 11.9 Å². The number of benzene rings is 1. The molecule has 2 aromatic rings. The molecule has 0 atom stereocenters. The summed E-state index contributed by atoms with van der Waals surface area (Å²) in [7, 11) is 2.45. The van der Waals surface area contributed by atoms with Crippen molar-refractivity contribution in [2.45, 2.75) is 13.8 Å². The number of carbonyl (C=O) groups is 4. The highest BCUT2D eigenvalue weighted by Crippen LogP contribution is 2.34. The average Bonchev–Trinajstić information content (AvgIpc) is 3.01. The third-order valence-electron chi connectivity index (χ3n) is 3.88. The second-order valence-electron chi connectivity index (χ2n) is 5.78. The van der Waals surface area contributed by atoms with Gasteiger partial charge in [-0.05, 0) is 31.5 Å². The lowest BCUT2D eigenvalue weighted by atomic mass is 10.1. The van der Waals surface area contributed by atoms with E-state index in [1.165, 1.54) is 21.1 Å². The van der Waals surface area contributed by atoms with E-state index in [-0.39, 0.29) is 27.8 Å². The van der Waals surface area contributed by atoms with Gasteiger partial charge in [0.2, 0.25) is 5.91 Å². The Morgan fingerprint density at radius 2 is 1.75 bits per heavy atom. The van der Waals surface area contributed by atoms with Gasteiger partial charge in [0.1, 0.15) is 9.88 Å². The molecule has 9 heteroatoms. The van der Waals surface area contributed by atoms with Crippen molar-refractivity contribution in [3.63, 3.8) is 0 Å². The number of hydrogen-bond donors (Lipinski definition) is 2. The summed E-state index contributed by atoms with van der Waals surface area (Å²) in [4.78, 5) is 47.9. The van der Waals surface area contributed by atoms with Gasteiger partial charge in [-0.3, -0.25) is 9.59 Å². The quantitative estimate of drug-likeness (QED) is 0.539. The molecular weight excluding hydrogens is 384 g/mol. The maximum Gasteiger partial charge on any atom is 0.348 e. The number of anilines is 2. The summed E-state index contributed by atoms with van der Waals surface area (Å²) in [5.41, 5.74) is 1.62. The minimum absolute atomic E-state index is 0.0831. The summed E-state index contributed by atoms with van der Waals surface area (Å²) in [6.07, 6.45) is 0. The first-order chi connectivity index (χ1) is 13.3. The van der Waals surface area contributed by atoms with Crippen LogP contribution in [0.4, 0.5) is 10.7 Å². The maximum absolute atomic E-state index is 12.3. The van der Waals surface area contributed by atoms with Gasteiger partial charge in [0.05, 0.1) is 26.3 Å². The van der Waals surface area contributed by atoms with Crippen LogP contribution < -0.4 is 10.6 Å². The highest BCUT2D eigenvalue weighted by Gasteiger charge is 2.26. The molecule has 8 nitrogen and oxygen atoms in total. The average molecular weight is 404 g/mol. The molecule has 1 amide bonds. The Morgan fingerprint density at radius 1 is 1.07 bits per heavy atom. The number of amides is 1. The van der Waals surface area contributed by atoms with Crippen LogP contribution in [0.1, 0.15) is 42.9 Å². The third kappa shape index (κ3) is 4.74. The standard InChI is InChI=1S/C19H20N2O6S/c1-10-15(18(24)26-3)17(28-16(10)19(25)27-4)21-14(23)9-20-13-7-5-6-12(8-13)11(2)22/h5-8,20H,9H2,1-4H3,(H,21,23). The van der Waals surface area contributed by atoms with Crippen molar-refractivity contribution in [1.29, 1.82) is 0 Å². The predicted molar refractivity (Wildman–Crippen MR) is 105 cm³/mol. The molecule has 2 N–H and O–H groups in total. The van der Waals surface area contributed by atoms with E-state index in [2.05, 4.69) is 10.6 Å². The lowest BCUT2D eigenvalue weighted by Crippen LogP contribution is -2.22. The van der Waals surface area contributed by atoms with Crippen LogP contribution in [0, 0.1) is 6.92 Å². The van der Waals surface area contributed by atoms with Crippen LogP contribution in [0.15, 0.2) is 24.3 Å². The van der Waals surface area contributed by atoms with Crippen LogP contribution >= 0.6 is 11.3 Å². The van der Waals surface area contributed by atoms with Gasteiger partial charge in [-0.15, -0.1) is 11.3 Å². The Morgan fingerprint density at radius 3 is 2.36 bits per heavy atom. The molecule has 0 radical (unpaired) electrons. The monoisotopic (exact) mass is 404 g/mol. The Labute approximate surface area is 165 Å². The first kappa shape index (κ1) is 21.1. The Balaban J connectivity index is 2.17. The van der Waals surface area contributed by atoms with Crippen LogP contribution in [0.25, 0.3) is 0 Å². The van der Waals surface area contributed by atoms with E-state index in [1.54, 1.807) is 31.2 Å². The number of Topliss-reactive ketones (excluding diaryl/α,β-unsaturated/α-hetero) is 1. The summed E-state index contributed by atoms with van der Waals surface area (Å²) in [6.45, 7) is 2.93. The highest BCUT2D eigenvalue weighted by molar-refractivity contribution is 7.18. The second-order valence-corrected chi connectivity index (χ2v) is 6.80. The number of nitrogens with one attached hydrogen (secondary N) is 2. The summed E-state index contributed by atoms with van der Waals surface area (Å²) in [6, 6.07) is 6.75. The summed E-state index contributed by atoms with van der Waals surface area (Å²) in [5, 5.41) is 5.73. The van der Waals surface area contributed by atoms with Crippen molar-refractivity contribution in [3.8, 4) is 0 Å². The smallest absolute Gasteiger partial charge is 0.348 e. The minimum atomic E-state index is -0.665. The van der Waals surface area contributed by atoms with E-state index in [4.69, 9.17) is 9.47 Å². The van der Waals surface area contributed by atoms with Crippen LogP contribution in [-0.2, 0) is 14.3 Å². The molecule has 148 valence electrons. The van der Waals surface area contributed by atoms with Crippen LogP contribution in [0.5, 0.6) is 0 Å². The zero-order valence-electron chi connectivity index (χ0n) is 15.9. The predicted octanol–water partition coefficient (Wildman–Crippen LogP) is 2.88. The number of thiophene rings is 1.